The number of carbonyl (C=O) groups excluding carboxylic acids is 1. The Morgan fingerprint density at radius 3 is 2.50 bits per heavy atom. The van der Waals surface area contributed by atoms with Crippen LogP contribution >= 0.6 is 15.9 Å². The van der Waals surface area contributed by atoms with Crippen LogP contribution in [0.1, 0.15) is 22.8 Å². The molecule has 1 amide bonds. The highest BCUT2D eigenvalue weighted by Crippen LogP contribution is 2.30. The Balaban J connectivity index is 1.76. The van der Waals surface area contributed by atoms with Crippen LogP contribution in [0.5, 0.6) is 11.5 Å². The first kappa shape index (κ1) is 19.9. The lowest BCUT2D eigenvalue weighted by atomic mass is 10.1. The Morgan fingerprint density at radius 1 is 1.00 bits per heavy atom. The van der Waals surface area contributed by atoms with Gasteiger partial charge in [-0.1, -0.05) is 46.3 Å². The Morgan fingerprint density at radius 2 is 1.79 bits per heavy atom. The third-order valence-electron chi connectivity index (χ3n) is 3.92. The lowest BCUT2D eigenvalue weighted by Gasteiger charge is -2.14. The smallest absolute Gasteiger partial charge is 0.255 e. The molecule has 0 atom stereocenters. The van der Waals surface area contributed by atoms with Crippen LogP contribution in [0.3, 0.4) is 0 Å². The molecule has 0 heterocycles. The van der Waals surface area contributed by atoms with E-state index in [0.29, 0.717) is 34.7 Å². The highest BCUT2D eigenvalue weighted by atomic mass is 79.9. The van der Waals surface area contributed by atoms with Crippen molar-refractivity contribution in [1.29, 1.82) is 0 Å². The summed E-state index contributed by atoms with van der Waals surface area (Å²) in [5, 5.41) is 2.57. The van der Waals surface area contributed by atoms with Gasteiger partial charge >= 0.3 is 0 Å². The molecule has 1 N–H and O–H groups in total. The van der Waals surface area contributed by atoms with E-state index < -0.39 is 11.7 Å². The number of ether oxygens (including phenoxy) is 2. The van der Waals surface area contributed by atoms with Crippen LogP contribution in [0.15, 0.2) is 71.2 Å². The molecule has 4 nitrogen and oxygen atoms in total. The van der Waals surface area contributed by atoms with Gasteiger partial charge in [-0.25, -0.2) is 4.39 Å². The maximum absolute atomic E-state index is 14.0. The van der Waals surface area contributed by atoms with Crippen LogP contribution in [0.4, 0.5) is 10.1 Å². The fourth-order valence-corrected chi connectivity index (χ4v) is 2.89. The normalized spacial score (nSPS) is 10.4. The highest BCUT2D eigenvalue weighted by molar-refractivity contribution is 9.10. The summed E-state index contributed by atoms with van der Waals surface area (Å²) in [6.45, 7) is 2.66. The maximum atomic E-state index is 14.0. The molecule has 28 heavy (non-hydrogen) atoms. The molecule has 0 spiro atoms. The quantitative estimate of drug-likeness (QED) is 0.500. The van der Waals surface area contributed by atoms with Gasteiger partial charge < -0.3 is 14.8 Å². The minimum atomic E-state index is -0.518. The van der Waals surface area contributed by atoms with Crippen molar-refractivity contribution < 1.29 is 18.7 Å². The highest BCUT2D eigenvalue weighted by Gasteiger charge is 2.14. The lowest BCUT2D eigenvalue weighted by molar-refractivity contribution is 0.102. The standard InChI is InChI=1S/C22H19BrFNO3/c1-2-27-21-12-16(22(26)25-19-10-9-17(23)13-18(19)24)8-11-20(21)28-14-15-6-4-3-5-7-15/h3-13H,2,14H2,1H3,(H,25,26). The van der Waals surface area contributed by atoms with E-state index in [9.17, 15) is 9.18 Å². The predicted octanol–water partition coefficient (Wildman–Crippen LogP) is 5.82. The second kappa shape index (κ2) is 9.37. The van der Waals surface area contributed by atoms with Gasteiger partial charge in [-0.15, -0.1) is 0 Å². The molecule has 3 aromatic rings. The zero-order valence-corrected chi connectivity index (χ0v) is 16.8. The first-order valence-electron chi connectivity index (χ1n) is 8.77. The van der Waals surface area contributed by atoms with Gasteiger partial charge in [0.1, 0.15) is 12.4 Å². The molecule has 0 aliphatic carbocycles. The molecule has 0 saturated carbocycles. The summed E-state index contributed by atoms with van der Waals surface area (Å²) >= 11 is 3.19. The summed E-state index contributed by atoms with van der Waals surface area (Å²) in [6.07, 6.45) is 0. The number of amides is 1. The minimum absolute atomic E-state index is 0.107. The molecule has 0 unspecified atom stereocenters. The van der Waals surface area contributed by atoms with Crippen LogP contribution in [0.25, 0.3) is 0 Å². The monoisotopic (exact) mass is 443 g/mol. The summed E-state index contributed by atoms with van der Waals surface area (Å²) < 4.78 is 26.0. The first-order valence-corrected chi connectivity index (χ1v) is 9.56. The summed E-state index contributed by atoms with van der Waals surface area (Å²) in [6, 6.07) is 19.1. The third-order valence-corrected chi connectivity index (χ3v) is 4.42. The first-order chi connectivity index (χ1) is 13.6. The van der Waals surface area contributed by atoms with Gasteiger partial charge in [-0.2, -0.15) is 0 Å². The number of rotatable bonds is 7. The Kier molecular flexibility index (Phi) is 6.66. The molecular formula is C22H19BrFNO3. The van der Waals surface area contributed by atoms with Gasteiger partial charge in [0.15, 0.2) is 11.5 Å². The molecule has 0 saturated heterocycles. The molecular weight excluding hydrogens is 425 g/mol. The zero-order chi connectivity index (χ0) is 19.9. The topological polar surface area (TPSA) is 47.6 Å². The van der Waals surface area contributed by atoms with Crippen molar-refractivity contribution in [3.05, 3.63) is 88.1 Å². The Labute approximate surface area is 171 Å². The average molecular weight is 444 g/mol. The number of hydrogen-bond acceptors (Lipinski definition) is 3. The van der Waals surface area contributed by atoms with Gasteiger partial charge in [0.2, 0.25) is 0 Å². The Hall–Kier alpha value is -2.86. The van der Waals surface area contributed by atoms with Crippen molar-refractivity contribution in [1.82, 2.24) is 0 Å². The van der Waals surface area contributed by atoms with Crippen LogP contribution < -0.4 is 14.8 Å². The van der Waals surface area contributed by atoms with Crippen molar-refractivity contribution in [2.45, 2.75) is 13.5 Å². The molecule has 0 aliphatic rings. The number of anilines is 1. The van der Waals surface area contributed by atoms with Gasteiger partial charge in [0.05, 0.1) is 12.3 Å². The van der Waals surface area contributed by atoms with Crippen molar-refractivity contribution in [3.8, 4) is 11.5 Å². The van der Waals surface area contributed by atoms with Crippen molar-refractivity contribution >= 4 is 27.5 Å². The van der Waals surface area contributed by atoms with Crippen LogP contribution in [0.2, 0.25) is 0 Å². The molecule has 144 valence electrons. The van der Waals surface area contributed by atoms with Crippen LogP contribution in [-0.2, 0) is 6.61 Å². The number of halogens is 2. The third kappa shape index (κ3) is 5.10. The second-order valence-electron chi connectivity index (χ2n) is 5.95. The van der Waals surface area contributed by atoms with E-state index in [1.807, 2.05) is 37.3 Å². The SMILES string of the molecule is CCOc1cc(C(=O)Nc2ccc(Br)cc2F)ccc1OCc1ccccc1. The summed E-state index contributed by atoms with van der Waals surface area (Å²) in [7, 11) is 0. The minimum Gasteiger partial charge on any atom is -0.490 e. The fourth-order valence-electron chi connectivity index (χ4n) is 2.56. The van der Waals surface area contributed by atoms with Gasteiger partial charge in [0, 0.05) is 10.0 Å². The zero-order valence-electron chi connectivity index (χ0n) is 15.2. The number of carbonyl (C=O) groups is 1. The molecule has 3 aromatic carbocycles. The summed E-state index contributed by atoms with van der Waals surface area (Å²) in [5.41, 5.74) is 1.48. The van der Waals surface area contributed by atoms with Crippen molar-refractivity contribution in [3.63, 3.8) is 0 Å². The largest absolute Gasteiger partial charge is 0.490 e. The molecule has 3 rings (SSSR count). The van der Waals surface area contributed by atoms with Gasteiger partial charge in [0.25, 0.3) is 5.91 Å². The van der Waals surface area contributed by atoms with Crippen molar-refractivity contribution in [2.24, 2.45) is 0 Å². The van der Waals surface area contributed by atoms with Gasteiger partial charge in [-0.05, 0) is 48.9 Å². The molecule has 6 heteroatoms. The fraction of sp³-hybridized carbons (Fsp3) is 0.136. The number of nitrogens with one attached hydrogen (secondary N) is 1. The summed E-state index contributed by atoms with van der Waals surface area (Å²) in [4.78, 5) is 12.5. The molecule has 0 fully saturated rings. The molecule has 0 bridgehead atoms. The van der Waals surface area contributed by atoms with E-state index in [-0.39, 0.29) is 5.69 Å². The van der Waals surface area contributed by atoms with E-state index in [0.717, 1.165) is 5.56 Å². The van der Waals surface area contributed by atoms with E-state index in [1.54, 1.807) is 24.3 Å². The molecule has 0 aromatic heterocycles. The van der Waals surface area contributed by atoms with Crippen LogP contribution in [0, 0.1) is 5.82 Å². The average Bonchev–Trinajstić information content (AvgIpc) is 2.70. The Bertz CT molecular complexity index is 963. The lowest BCUT2D eigenvalue weighted by Crippen LogP contribution is -2.13. The molecule has 0 aliphatic heterocycles. The predicted molar refractivity (Wildman–Crippen MR) is 110 cm³/mol. The van der Waals surface area contributed by atoms with E-state index >= 15 is 0 Å². The van der Waals surface area contributed by atoms with Crippen molar-refractivity contribution in [2.75, 3.05) is 11.9 Å². The number of hydrogen-bond donors (Lipinski definition) is 1. The van der Waals surface area contributed by atoms with E-state index in [4.69, 9.17) is 9.47 Å². The van der Waals surface area contributed by atoms with Crippen LogP contribution in [-0.4, -0.2) is 12.5 Å². The number of benzene rings is 3. The van der Waals surface area contributed by atoms with E-state index in [2.05, 4.69) is 21.2 Å². The van der Waals surface area contributed by atoms with Gasteiger partial charge in [-0.3, -0.25) is 4.79 Å². The second-order valence-corrected chi connectivity index (χ2v) is 6.86. The summed E-state index contributed by atoms with van der Waals surface area (Å²) in [5.74, 6) is 0.0480. The van der Waals surface area contributed by atoms with E-state index in [1.165, 1.54) is 12.1 Å². The maximum Gasteiger partial charge on any atom is 0.255 e. The molecule has 0 radical (unpaired) electrons.